The number of aryl methyl sites for hydroxylation is 1. The van der Waals surface area contributed by atoms with Gasteiger partial charge in [-0.3, -0.25) is 0 Å². The molecule has 1 rings (SSSR count). The lowest BCUT2D eigenvalue weighted by molar-refractivity contribution is -0.612. The smallest absolute Gasteiger partial charge is 0.192 e. The molecule has 0 bridgehead atoms. The Bertz CT molecular complexity index is 401. The van der Waals surface area contributed by atoms with Crippen LogP contribution in [0.2, 0.25) is 0 Å². The Hall–Kier alpha value is -1.05. The fraction of sp³-hybridized carbons (Fsp3) is 0.737. The first-order valence-electron chi connectivity index (χ1n) is 8.85. The van der Waals surface area contributed by atoms with Crippen molar-refractivity contribution in [3.05, 3.63) is 34.3 Å². The molecule has 120 valence electrons. The van der Waals surface area contributed by atoms with E-state index in [9.17, 15) is 5.21 Å². The average molecular weight is 291 g/mol. The Kier molecular flexibility index (Phi) is 9.12. The topological polar surface area (TPSA) is 26.9 Å². The van der Waals surface area contributed by atoms with E-state index in [-0.39, 0.29) is 0 Å². The second-order valence-corrected chi connectivity index (χ2v) is 6.31. The molecule has 0 aliphatic carbocycles. The van der Waals surface area contributed by atoms with Crippen LogP contribution in [0.15, 0.2) is 12.3 Å². The largest absolute Gasteiger partial charge is 0.619 e. The third-order valence-corrected chi connectivity index (χ3v) is 4.57. The number of nitrogens with zero attached hydrogens (tertiary/aromatic N) is 1. The Balaban J connectivity index is 2.06. The highest BCUT2D eigenvalue weighted by molar-refractivity contribution is 5.25. The summed E-state index contributed by atoms with van der Waals surface area (Å²) in [7, 11) is 0. The molecule has 1 heterocycles. The summed E-state index contributed by atoms with van der Waals surface area (Å²) in [6, 6.07) is 1.99. The van der Waals surface area contributed by atoms with Gasteiger partial charge in [-0.05, 0) is 25.3 Å². The SMILES string of the molecule is CCCCCCCCCCCCc1cc[n+]([O-])c(C)c1C. The zero-order valence-electron chi connectivity index (χ0n) is 14.3. The van der Waals surface area contributed by atoms with E-state index in [0.717, 1.165) is 16.8 Å². The third kappa shape index (κ3) is 6.97. The van der Waals surface area contributed by atoms with Crippen molar-refractivity contribution < 1.29 is 4.73 Å². The van der Waals surface area contributed by atoms with Gasteiger partial charge in [0.1, 0.15) is 0 Å². The molecule has 0 aliphatic rings. The summed E-state index contributed by atoms with van der Waals surface area (Å²) in [5.41, 5.74) is 3.36. The minimum absolute atomic E-state index is 0.847. The maximum absolute atomic E-state index is 11.5. The Morgan fingerprint density at radius 1 is 0.857 bits per heavy atom. The molecule has 0 fully saturated rings. The van der Waals surface area contributed by atoms with E-state index in [1.807, 2.05) is 13.0 Å². The molecule has 0 spiro atoms. The van der Waals surface area contributed by atoms with Crippen LogP contribution in [0.5, 0.6) is 0 Å². The highest BCUT2D eigenvalue weighted by Crippen LogP contribution is 2.15. The maximum Gasteiger partial charge on any atom is 0.192 e. The molecule has 0 N–H and O–H groups in total. The van der Waals surface area contributed by atoms with Crippen molar-refractivity contribution in [3.63, 3.8) is 0 Å². The highest BCUT2D eigenvalue weighted by atomic mass is 16.5. The molecule has 0 aliphatic heterocycles. The maximum atomic E-state index is 11.5. The lowest BCUT2D eigenvalue weighted by Crippen LogP contribution is -2.30. The fourth-order valence-corrected chi connectivity index (χ4v) is 2.87. The monoisotopic (exact) mass is 291 g/mol. The number of pyridine rings is 1. The van der Waals surface area contributed by atoms with E-state index in [1.165, 1.54) is 75.3 Å². The predicted octanol–water partition coefficient (Wildman–Crippen LogP) is 5.40. The second-order valence-electron chi connectivity index (χ2n) is 6.31. The molecule has 21 heavy (non-hydrogen) atoms. The van der Waals surface area contributed by atoms with Crippen molar-refractivity contribution in [2.75, 3.05) is 0 Å². The van der Waals surface area contributed by atoms with Crippen LogP contribution in [-0.4, -0.2) is 0 Å². The first-order chi connectivity index (χ1) is 10.2. The summed E-state index contributed by atoms with van der Waals surface area (Å²) in [4.78, 5) is 0. The van der Waals surface area contributed by atoms with Crippen LogP contribution in [0.1, 0.15) is 88.0 Å². The molecule has 0 amide bonds. The van der Waals surface area contributed by atoms with Crippen molar-refractivity contribution >= 4 is 0 Å². The van der Waals surface area contributed by atoms with Crippen LogP contribution in [0.25, 0.3) is 0 Å². The van der Waals surface area contributed by atoms with Crippen molar-refractivity contribution in [1.82, 2.24) is 0 Å². The van der Waals surface area contributed by atoms with Gasteiger partial charge in [-0.25, -0.2) is 0 Å². The van der Waals surface area contributed by atoms with Gasteiger partial charge in [0.25, 0.3) is 0 Å². The number of aromatic nitrogens is 1. The van der Waals surface area contributed by atoms with Crippen LogP contribution in [0.3, 0.4) is 0 Å². The summed E-state index contributed by atoms with van der Waals surface area (Å²) in [5.74, 6) is 0. The van der Waals surface area contributed by atoms with Gasteiger partial charge in [0, 0.05) is 18.6 Å². The van der Waals surface area contributed by atoms with Crippen molar-refractivity contribution in [2.24, 2.45) is 0 Å². The van der Waals surface area contributed by atoms with Gasteiger partial charge in [0.05, 0.1) is 0 Å². The van der Waals surface area contributed by atoms with Gasteiger partial charge in [0.2, 0.25) is 0 Å². The van der Waals surface area contributed by atoms with E-state index in [0.29, 0.717) is 0 Å². The molecule has 0 radical (unpaired) electrons. The highest BCUT2D eigenvalue weighted by Gasteiger charge is 2.08. The van der Waals surface area contributed by atoms with Crippen LogP contribution in [0, 0.1) is 19.1 Å². The van der Waals surface area contributed by atoms with Crippen molar-refractivity contribution in [2.45, 2.75) is 91.4 Å². The molecule has 2 nitrogen and oxygen atoms in total. The van der Waals surface area contributed by atoms with E-state index >= 15 is 0 Å². The van der Waals surface area contributed by atoms with Crippen LogP contribution in [-0.2, 0) is 6.42 Å². The first-order valence-corrected chi connectivity index (χ1v) is 8.85. The summed E-state index contributed by atoms with van der Waals surface area (Å²) in [5, 5.41) is 11.5. The molecular weight excluding hydrogens is 258 g/mol. The zero-order valence-corrected chi connectivity index (χ0v) is 14.3. The number of unbranched alkanes of at least 4 members (excludes halogenated alkanes) is 9. The fourth-order valence-electron chi connectivity index (χ4n) is 2.87. The van der Waals surface area contributed by atoms with Gasteiger partial charge in [-0.15, -0.1) is 0 Å². The van der Waals surface area contributed by atoms with Crippen molar-refractivity contribution in [3.8, 4) is 0 Å². The molecule has 0 aromatic carbocycles. The lowest BCUT2D eigenvalue weighted by Gasteiger charge is -2.09. The summed E-state index contributed by atoms with van der Waals surface area (Å²) < 4.78 is 0.970. The minimum atomic E-state index is 0.847. The quantitative estimate of drug-likeness (QED) is 0.304. The van der Waals surface area contributed by atoms with E-state index < -0.39 is 0 Å². The number of hydrogen-bond acceptors (Lipinski definition) is 1. The van der Waals surface area contributed by atoms with Crippen LogP contribution in [0.4, 0.5) is 0 Å². The minimum Gasteiger partial charge on any atom is -0.619 e. The Morgan fingerprint density at radius 2 is 1.38 bits per heavy atom. The van der Waals surface area contributed by atoms with E-state index in [4.69, 9.17) is 0 Å². The first kappa shape index (κ1) is 18.0. The van der Waals surface area contributed by atoms with E-state index in [2.05, 4.69) is 13.8 Å². The van der Waals surface area contributed by atoms with Gasteiger partial charge in [-0.2, -0.15) is 4.73 Å². The Morgan fingerprint density at radius 3 is 1.95 bits per heavy atom. The molecular formula is C19H33NO. The van der Waals surface area contributed by atoms with Crippen LogP contribution >= 0.6 is 0 Å². The zero-order chi connectivity index (χ0) is 15.5. The van der Waals surface area contributed by atoms with Gasteiger partial charge >= 0.3 is 0 Å². The molecule has 0 saturated carbocycles. The van der Waals surface area contributed by atoms with E-state index in [1.54, 1.807) is 6.20 Å². The molecule has 0 unspecified atom stereocenters. The summed E-state index contributed by atoms with van der Waals surface area (Å²) >= 11 is 0. The number of rotatable bonds is 11. The molecule has 1 aromatic rings. The summed E-state index contributed by atoms with van der Waals surface area (Å²) in [6.07, 6.45) is 16.5. The molecule has 0 saturated heterocycles. The van der Waals surface area contributed by atoms with Crippen LogP contribution < -0.4 is 4.73 Å². The van der Waals surface area contributed by atoms with Gasteiger partial charge in [-0.1, -0.05) is 64.7 Å². The number of hydrogen-bond donors (Lipinski definition) is 0. The molecule has 2 heteroatoms. The predicted molar refractivity (Wildman–Crippen MR) is 90.4 cm³/mol. The lowest BCUT2D eigenvalue weighted by atomic mass is 10.0. The standard InChI is InChI=1S/C19H33NO/c1-4-5-6-7-8-9-10-11-12-13-14-19-15-16-20(21)18(3)17(19)2/h15-16H,4-14H2,1-3H3. The van der Waals surface area contributed by atoms with Crippen molar-refractivity contribution in [1.29, 1.82) is 0 Å². The average Bonchev–Trinajstić information content (AvgIpc) is 2.49. The second kappa shape index (κ2) is 10.6. The van der Waals surface area contributed by atoms with Gasteiger partial charge in [0.15, 0.2) is 11.9 Å². The Labute approximate surface area is 131 Å². The summed E-state index contributed by atoms with van der Waals surface area (Å²) in [6.45, 7) is 6.24. The normalized spacial score (nSPS) is 11.0. The molecule has 1 aromatic heterocycles. The third-order valence-electron chi connectivity index (χ3n) is 4.57. The van der Waals surface area contributed by atoms with Gasteiger partial charge < -0.3 is 5.21 Å². The molecule has 0 atom stereocenters.